The van der Waals surface area contributed by atoms with Gasteiger partial charge in [-0.15, -0.1) is 21.5 Å². The molecule has 2 aromatic rings. The van der Waals surface area contributed by atoms with Crippen molar-refractivity contribution in [3.8, 4) is 0 Å². The molecule has 3 rings (SSSR count). The van der Waals surface area contributed by atoms with E-state index in [1.54, 1.807) is 11.3 Å². The maximum Gasteiger partial charge on any atom is 0.233 e. The van der Waals surface area contributed by atoms with Crippen LogP contribution in [0.2, 0.25) is 0 Å². The molecule has 2 heterocycles. The first-order valence-electron chi connectivity index (χ1n) is 8.84. The summed E-state index contributed by atoms with van der Waals surface area (Å²) in [4.78, 5) is 26.8. The highest BCUT2D eigenvalue weighted by molar-refractivity contribution is 9.11. The number of nitrogens with two attached hydrogens (primary N) is 1. The van der Waals surface area contributed by atoms with Crippen molar-refractivity contribution in [3.63, 3.8) is 0 Å². The van der Waals surface area contributed by atoms with Crippen LogP contribution in [0.3, 0.4) is 0 Å². The second-order valence-corrected chi connectivity index (χ2v) is 9.88. The highest BCUT2D eigenvalue weighted by atomic mass is 79.9. The number of amides is 2. The normalized spacial score (nSPS) is 13.7. The average molecular weight is 472 g/mol. The highest BCUT2D eigenvalue weighted by Gasteiger charge is 2.30. The van der Waals surface area contributed by atoms with E-state index in [-0.39, 0.29) is 18.2 Å². The number of hydrogen-bond acceptors (Lipinski definition) is 6. The van der Waals surface area contributed by atoms with Gasteiger partial charge in [-0.1, -0.05) is 11.8 Å². The van der Waals surface area contributed by atoms with E-state index >= 15 is 0 Å². The summed E-state index contributed by atoms with van der Waals surface area (Å²) in [6.45, 7) is 3.70. The van der Waals surface area contributed by atoms with Gasteiger partial charge in [-0.3, -0.25) is 9.59 Å². The predicted octanol–water partition coefficient (Wildman–Crippen LogP) is 3.00. The maximum absolute atomic E-state index is 12.7. The number of halogens is 1. The second kappa shape index (κ2) is 9.20. The number of aromatic nitrogens is 3. The Hall–Kier alpha value is -1.39. The Kier molecular flexibility index (Phi) is 6.93. The molecule has 27 heavy (non-hydrogen) atoms. The lowest BCUT2D eigenvalue weighted by Crippen LogP contribution is -2.31. The van der Waals surface area contributed by atoms with Crippen LogP contribution in [0, 0.1) is 0 Å². The smallest absolute Gasteiger partial charge is 0.233 e. The number of hydrogen-bond donors (Lipinski definition) is 1. The monoisotopic (exact) mass is 471 g/mol. The summed E-state index contributed by atoms with van der Waals surface area (Å²) in [5.41, 5.74) is 5.29. The van der Waals surface area contributed by atoms with Crippen LogP contribution in [0.15, 0.2) is 21.1 Å². The van der Waals surface area contributed by atoms with Crippen LogP contribution < -0.4 is 5.73 Å². The molecule has 1 fully saturated rings. The first-order chi connectivity index (χ1) is 13.0. The Bertz CT molecular complexity index is 818. The van der Waals surface area contributed by atoms with Gasteiger partial charge in [0.15, 0.2) is 5.16 Å². The molecule has 146 valence electrons. The third-order valence-corrected chi connectivity index (χ3v) is 6.86. The molecule has 10 heteroatoms. The molecule has 7 nitrogen and oxygen atoms in total. The summed E-state index contributed by atoms with van der Waals surface area (Å²) in [5.74, 6) is 1.32. The number of primary amides is 1. The van der Waals surface area contributed by atoms with Crippen molar-refractivity contribution in [3.05, 3.63) is 26.6 Å². The maximum atomic E-state index is 12.7. The summed E-state index contributed by atoms with van der Waals surface area (Å²) in [7, 11) is 0. The number of thiophene rings is 1. The van der Waals surface area contributed by atoms with E-state index in [0.717, 1.165) is 27.3 Å². The van der Waals surface area contributed by atoms with Gasteiger partial charge < -0.3 is 15.2 Å². The van der Waals surface area contributed by atoms with Gasteiger partial charge in [-0.2, -0.15) is 0 Å². The summed E-state index contributed by atoms with van der Waals surface area (Å²) < 4.78 is 3.01. The van der Waals surface area contributed by atoms with E-state index < -0.39 is 0 Å². The number of thioether (sulfide) groups is 1. The molecule has 0 atom stereocenters. The number of nitrogens with zero attached hydrogens (tertiary/aromatic N) is 4. The Morgan fingerprint density at radius 3 is 2.78 bits per heavy atom. The molecule has 2 amide bonds. The van der Waals surface area contributed by atoms with Gasteiger partial charge in [0.2, 0.25) is 11.8 Å². The zero-order valence-electron chi connectivity index (χ0n) is 15.1. The fourth-order valence-electron chi connectivity index (χ4n) is 2.70. The van der Waals surface area contributed by atoms with Gasteiger partial charge in [-0.25, -0.2) is 0 Å². The topological polar surface area (TPSA) is 94.1 Å². The van der Waals surface area contributed by atoms with Crippen molar-refractivity contribution in [1.82, 2.24) is 19.7 Å². The lowest BCUT2D eigenvalue weighted by molar-refractivity contribution is -0.128. The van der Waals surface area contributed by atoms with Crippen molar-refractivity contribution >= 4 is 50.8 Å². The molecule has 0 aromatic carbocycles. The van der Waals surface area contributed by atoms with Crippen molar-refractivity contribution in [2.45, 2.75) is 50.4 Å². The van der Waals surface area contributed by atoms with Gasteiger partial charge in [0, 0.05) is 30.3 Å². The van der Waals surface area contributed by atoms with Gasteiger partial charge in [0.05, 0.1) is 16.1 Å². The molecule has 0 radical (unpaired) electrons. The van der Waals surface area contributed by atoms with Crippen LogP contribution in [0.5, 0.6) is 0 Å². The summed E-state index contributed by atoms with van der Waals surface area (Å²) >= 11 is 6.46. The van der Waals surface area contributed by atoms with Gasteiger partial charge >= 0.3 is 0 Å². The fraction of sp³-hybridized carbons (Fsp3) is 0.529. The molecule has 0 aliphatic heterocycles. The molecule has 0 bridgehead atoms. The molecule has 1 saturated carbocycles. The van der Waals surface area contributed by atoms with Crippen LogP contribution in [0.1, 0.15) is 42.8 Å². The largest absolute Gasteiger partial charge is 0.370 e. The fourth-order valence-corrected chi connectivity index (χ4v) is 5.07. The lowest BCUT2D eigenvalue weighted by atomic mass is 10.3. The molecule has 0 unspecified atom stereocenters. The Labute approximate surface area is 174 Å². The minimum atomic E-state index is -0.350. The van der Waals surface area contributed by atoms with Crippen molar-refractivity contribution < 1.29 is 9.59 Å². The first-order valence-corrected chi connectivity index (χ1v) is 11.4. The molecular formula is C17H22BrN5O2S2. The standard InChI is InChI=1S/C17H22BrN5O2S2/c1-2-22(9-12-5-6-13(18)27-12)15(25)10-26-17-21-20-16(11-3-4-11)23(17)8-7-14(19)24/h5-6,11H,2-4,7-10H2,1H3,(H2,19,24). The predicted molar refractivity (Wildman–Crippen MR) is 110 cm³/mol. The van der Waals surface area contributed by atoms with Crippen LogP contribution >= 0.6 is 39.0 Å². The molecule has 1 aliphatic carbocycles. The SMILES string of the molecule is CCN(Cc1ccc(Br)s1)C(=O)CSc1nnc(C2CC2)n1CCC(N)=O. The van der Waals surface area contributed by atoms with Crippen LogP contribution in [-0.2, 0) is 22.7 Å². The molecular weight excluding hydrogens is 450 g/mol. The first kappa shape index (κ1) is 20.3. The third-order valence-electron chi connectivity index (χ3n) is 4.30. The van der Waals surface area contributed by atoms with Crippen LogP contribution in [0.25, 0.3) is 0 Å². The molecule has 1 aliphatic rings. The number of carbonyl (C=O) groups is 2. The lowest BCUT2D eigenvalue weighted by Gasteiger charge is -2.20. The van der Waals surface area contributed by atoms with E-state index in [1.807, 2.05) is 28.5 Å². The van der Waals surface area contributed by atoms with Crippen molar-refractivity contribution in [2.24, 2.45) is 5.73 Å². The summed E-state index contributed by atoms with van der Waals surface area (Å²) in [5, 5.41) is 9.21. The van der Waals surface area contributed by atoms with Gasteiger partial charge in [-0.05, 0) is 47.8 Å². The summed E-state index contributed by atoms with van der Waals surface area (Å²) in [6, 6.07) is 4.02. The van der Waals surface area contributed by atoms with E-state index in [2.05, 4.69) is 26.1 Å². The minimum absolute atomic E-state index is 0.0597. The van der Waals surface area contributed by atoms with Gasteiger partial charge in [0.25, 0.3) is 0 Å². The highest BCUT2D eigenvalue weighted by Crippen LogP contribution is 2.40. The quantitative estimate of drug-likeness (QED) is 0.537. The second-order valence-electron chi connectivity index (χ2n) is 6.39. The van der Waals surface area contributed by atoms with Crippen molar-refractivity contribution in [2.75, 3.05) is 12.3 Å². The van der Waals surface area contributed by atoms with Crippen LogP contribution in [-0.4, -0.2) is 43.8 Å². The zero-order chi connectivity index (χ0) is 19.4. The van der Waals surface area contributed by atoms with Gasteiger partial charge in [0.1, 0.15) is 5.82 Å². The molecule has 2 aromatic heterocycles. The van der Waals surface area contributed by atoms with E-state index in [0.29, 0.717) is 36.5 Å². The van der Waals surface area contributed by atoms with Crippen LogP contribution in [0.4, 0.5) is 0 Å². The van der Waals surface area contributed by atoms with E-state index in [4.69, 9.17) is 5.73 Å². The Morgan fingerprint density at radius 1 is 1.41 bits per heavy atom. The minimum Gasteiger partial charge on any atom is -0.370 e. The molecule has 0 spiro atoms. The Balaban J connectivity index is 1.62. The van der Waals surface area contributed by atoms with E-state index in [1.165, 1.54) is 11.8 Å². The Morgan fingerprint density at radius 2 is 2.19 bits per heavy atom. The van der Waals surface area contributed by atoms with Crippen molar-refractivity contribution in [1.29, 1.82) is 0 Å². The summed E-state index contributed by atoms with van der Waals surface area (Å²) in [6.07, 6.45) is 2.43. The molecule has 0 saturated heterocycles. The average Bonchev–Trinajstić information content (AvgIpc) is 3.27. The number of carbonyl (C=O) groups excluding carboxylic acids is 2. The third kappa shape index (κ3) is 5.55. The number of rotatable bonds is 10. The van der Waals surface area contributed by atoms with E-state index in [9.17, 15) is 9.59 Å². The zero-order valence-corrected chi connectivity index (χ0v) is 18.3. The molecule has 2 N–H and O–H groups in total.